The first-order valence-corrected chi connectivity index (χ1v) is 8.47. The molecule has 0 aliphatic heterocycles. The maximum absolute atomic E-state index is 11.4. The van der Waals surface area contributed by atoms with Gasteiger partial charge in [-0.1, -0.05) is 48.0 Å². The van der Waals surface area contributed by atoms with Crippen LogP contribution in [0.25, 0.3) is 33.8 Å². The Balaban J connectivity index is 1.71. The molecule has 4 aromatic rings. The maximum atomic E-state index is 11.4. The van der Waals surface area contributed by atoms with E-state index in [9.17, 15) is 9.90 Å². The van der Waals surface area contributed by atoms with Crippen LogP contribution in [0.5, 0.6) is 0 Å². The van der Waals surface area contributed by atoms with E-state index in [4.69, 9.17) is 11.6 Å². The summed E-state index contributed by atoms with van der Waals surface area (Å²) in [5, 5.41) is 12.9. The number of pyridine rings is 1. The van der Waals surface area contributed by atoms with Crippen LogP contribution >= 0.6 is 11.6 Å². The van der Waals surface area contributed by atoms with Crippen LogP contribution < -0.4 is 0 Å². The van der Waals surface area contributed by atoms with E-state index >= 15 is 0 Å². The Morgan fingerprint density at radius 2 is 1.58 bits per heavy atom. The molecule has 0 bridgehead atoms. The van der Waals surface area contributed by atoms with Gasteiger partial charge in [0.25, 0.3) is 0 Å². The first-order chi connectivity index (χ1) is 12.6. The van der Waals surface area contributed by atoms with Crippen molar-refractivity contribution in [2.75, 3.05) is 0 Å². The Kier molecular flexibility index (Phi) is 4.15. The standard InChI is InChI=1S/C22H14ClNO2/c23-18-7-6-16-11-14(3-5-17(16)13-18)1-2-15-4-8-21-20(12-15)19(22(25)26)9-10-24-21/h1-13H,(H,25,26)/b2-1+. The third-order valence-electron chi connectivity index (χ3n) is 4.29. The number of carbonyl (C=O) groups is 1. The van der Waals surface area contributed by atoms with Gasteiger partial charge in [0.05, 0.1) is 11.1 Å². The fourth-order valence-corrected chi connectivity index (χ4v) is 3.17. The molecule has 1 heterocycles. The fraction of sp³-hybridized carbons (Fsp3) is 0. The third kappa shape index (κ3) is 3.17. The number of fused-ring (bicyclic) bond motifs is 2. The monoisotopic (exact) mass is 359 g/mol. The van der Waals surface area contributed by atoms with Crippen LogP contribution in [-0.4, -0.2) is 16.1 Å². The summed E-state index contributed by atoms with van der Waals surface area (Å²) in [5.74, 6) is -0.952. The highest BCUT2D eigenvalue weighted by atomic mass is 35.5. The normalized spacial score (nSPS) is 11.4. The highest BCUT2D eigenvalue weighted by Gasteiger charge is 2.08. The van der Waals surface area contributed by atoms with Gasteiger partial charge in [0.1, 0.15) is 0 Å². The predicted octanol–water partition coefficient (Wildman–Crippen LogP) is 5.91. The number of nitrogens with zero attached hydrogens (tertiary/aromatic N) is 1. The Labute approximate surface area is 155 Å². The van der Waals surface area contributed by atoms with Crippen molar-refractivity contribution < 1.29 is 9.90 Å². The number of aromatic nitrogens is 1. The van der Waals surface area contributed by atoms with Crippen molar-refractivity contribution in [2.24, 2.45) is 0 Å². The van der Waals surface area contributed by atoms with Crippen LogP contribution in [0.15, 0.2) is 66.9 Å². The molecule has 0 saturated heterocycles. The molecule has 3 nitrogen and oxygen atoms in total. The van der Waals surface area contributed by atoms with Gasteiger partial charge in [0.15, 0.2) is 0 Å². The number of halogens is 1. The van der Waals surface area contributed by atoms with Crippen LogP contribution in [0.2, 0.25) is 5.02 Å². The van der Waals surface area contributed by atoms with Crippen LogP contribution in [0.1, 0.15) is 21.5 Å². The van der Waals surface area contributed by atoms with E-state index in [1.807, 2.05) is 60.7 Å². The van der Waals surface area contributed by atoms with Crippen molar-refractivity contribution in [1.82, 2.24) is 4.98 Å². The fourth-order valence-electron chi connectivity index (χ4n) is 2.99. The highest BCUT2D eigenvalue weighted by Crippen LogP contribution is 2.23. The molecule has 1 aromatic heterocycles. The van der Waals surface area contributed by atoms with Gasteiger partial charge in [-0.05, 0) is 58.3 Å². The molecule has 0 fully saturated rings. The van der Waals surface area contributed by atoms with E-state index < -0.39 is 5.97 Å². The topological polar surface area (TPSA) is 50.2 Å². The molecule has 0 amide bonds. The largest absolute Gasteiger partial charge is 0.478 e. The number of hydrogen-bond donors (Lipinski definition) is 1. The van der Waals surface area contributed by atoms with Crippen molar-refractivity contribution in [1.29, 1.82) is 0 Å². The quantitative estimate of drug-likeness (QED) is 0.462. The van der Waals surface area contributed by atoms with Crippen molar-refractivity contribution in [2.45, 2.75) is 0 Å². The third-order valence-corrected chi connectivity index (χ3v) is 4.53. The summed E-state index contributed by atoms with van der Waals surface area (Å²) in [6, 6.07) is 19.1. The summed E-state index contributed by atoms with van der Waals surface area (Å²) < 4.78 is 0. The van der Waals surface area contributed by atoms with Crippen LogP contribution in [0.4, 0.5) is 0 Å². The van der Waals surface area contributed by atoms with Gasteiger partial charge >= 0.3 is 5.97 Å². The molecule has 26 heavy (non-hydrogen) atoms. The SMILES string of the molecule is O=C(O)c1ccnc2ccc(/C=C/c3ccc4cc(Cl)ccc4c3)cc12. The number of carboxylic acids is 1. The van der Waals surface area contributed by atoms with E-state index in [1.165, 1.54) is 12.3 Å². The lowest BCUT2D eigenvalue weighted by molar-refractivity contribution is 0.0699. The van der Waals surface area contributed by atoms with E-state index in [0.717, 1.165) is 26.9 Å². The molecular formula is C22H14ClNO2. The smallest absolute Gasteiger partial charge is 0.336 e. The molecule has 3 aromatic carbocycles. The summed E-state index contributed by atoms with van der Waals surface area (Å²) in [7, 11) is 0. The van der Waals surface area contributed by atoms with Crippen LogP contribution in [-0.2, 0) is 0 Å². The van der Waals surface area contributed by atoms with Crippen LogP contribution in [0.3, 0.4) is 0 Å². The molecule has 0 unspecified atom stereocenters. The number of carboxylic acid groups (broad SMARTS) is 1. The van der Waals surface area contributed by atoms with Gasteiger partial charge in [-0.3, -0.25) is 4.98 Å². The molecule has 0 spiro atoms. The minimum Gasteiger partial charge on any atom is -0.478 e. The van der Waals surface area contributed by atoms with Crippen molar-refractivity contribution >= 4 is 51.4 Å². The zero-order valence-corrected chi connectivity index (χ0v) is 14.4. The van der Waals surface area contributed by atoms with Crippen molar-refractivity contribution in [3.63, 3.8) is 0 Å². The zero-order valence-electron chi connectivity index (χ0n) is 13.7. The lowest BCUT2D eigenvalue weighted by atomic mass is 10.0. The second-order valence-corrected chi connectivity index (χ2v) is 6.46. The molecule has 1 N–H and O–H groups in total. The molecule has 0 radical (unpaired) electrons. The highest BCUT2D eigenvalue weighted by molar-refractivity contribution is 6.31. The minimum absolute atomic E-state index is 0.257. The molecule has 0 saturated carbocycles. The number of hydrogen-bond acceptors (Lipinski definition) is 2. The van der Waals surface area contributed by atoms with Gasteiger partial charge < -0.3 is 5.11 Å². The average Bonchev–Trinajstić information content (AvgIpc) is 2.65. The van der Waals surface area contributed by atoms with E-state index in [2.05, 4.69) is 11.1 Å². The summed E-state index contributed by atoms with van der Waals surface area (Å²) >= 11 is 6.02. The summed E-state index contributed by atoms with van der Waals surface area (Å²) in [6.45, 7) is 0. The second kappa shape index (κ2) is 6.62. The van der Waals surface area contributed by atoms with E-state index in [1.54, 1.807) is 0 Å². The molecular weight excluding hydrogens is 346 g/mol. The summed E-state index contributed by atoms with van der Waals surface area (Å²) in [5.41, 5.74) is 2.91. The summed E-state index contributed by atoms with van der Waals surface area (Å²) in [6.07, 6.45) is 5.49. The molecule has 4 rings (SSSR count). The average molecular weight is 360 g/mol. The number of aromatic carboxylic acids is 1. The maximum Gasteiger partial charge on any atom is 0.336 e. The Morgan fingerprint density at radius 3 is 2.38 bits per heavy atom. The van der Waals surface area contributed by atoms with Crippen molar-refractivity contribution in [3.8, 4) is 0 Å². The Bertz CT molecular complexity index is 1180. The minimum atomic E-state index is -0.952. The lowest BCUT2D eigenvalue weighted by Crippen LogP contribution is -1.98. The van der Waals surface area contributed by atoms with Gasteiger partial charge in [-0.15, -0.1) is 0 Å². The molecule has 0 aliphatic rings. The van der Waals surface area contributed by atoms with Gasteiger partial charge in [-0.25, -0.2) is 4.79 Å². The molecule has 0 atom stereocenters. The second-order valence-electron chi connectivity index (χ2n) is 6.02. The van der Waals surface area contributed by atoms with Gasteiger partial charge in [0.2, 0.25) is 0 Å². The zero-order chi connectivity index (χ0) is 18.1. The lowest BCUT2D eigenvalue weighted by Gasteiger charge is -2.03. The Hall–Kier alpha value is -3.17. The first-order valence-electron chi connectivity index (χ1n) is 8.10. The number of benzene rings is 3. The first kappa shape index (κ1) is 16.3. The Morgan fingerprint density at radius 1 is 0.885 bits per heavy atom. The molecule has 4 heteroatoms. The van der Waals surface area contributed by atoms with Crippen LogP contribution in [0, 0.1) is 0 Å². The van der Waals surface area contributed by atoms with E-state index in [-0.39, 0.29) is 5.56 Å². The predicted molar refractivity (Wildman–Crippen MR) is 107 cm³/mol. The summed E-state index contributed by atoms with van der Waals surface area (Å²) in [4.78, 5) is 15.6. The van der Waals surface area contributed by atoms with Crippen molar-refractivity contribution in [3.05, 3.63) is 88.6 Å². The van der Waals surface area contributed by atoms with E-state index in [0.29, 0.717) is 10.9 Å². The van der Waals surface area contributed by atoms with Gasteiger partial charge in [-0.2, -0.15) is 0 Å². The number of rotatable bonds is 3. The molecule has 126 valence electrons. The van der Waals surface area contributed by atoms with Gasteiger partial charge in [0, 0.05) is 16.6 Å². The molecule has 0 aliphatic carbocycles.